The predicted octanol–water partition coefficient (Wildman–Crippen LogP) is 1.38. The van der Waals surface area contributed by atoms with E-state index in [-0.39, 0.29) is 12.1 Å². The molecule has 0 spiro atoms. The molecular weight excluding hydrogens is 270 g/mol. The van der Waals surface area contributed by atoms with Gasteiger partial charge in [0.05, 0.1) is 19.2 Å². The molecule has 0 amide bonds. The number of aromatic nitrogens is 3. The maximum Gasteiger partial charge on any atom is 0.329 e. The summed E-state index contributed by atoms with van der Waals surface area (Å²) in [6, 6.07) is 9.00. The molecule has 6 heteroatoms. The first-order valence-corrected chi connectivity index (χ1v) is 6.54. The molecule has 0 bridgehead atoms. The molecule has 0 atom stereocenters. The zero-order valence-electron chi connectivity index (χ0n) is 11.8. The normalized spacial score (nSPS) is 11.0. The van der Waals surface area contributed by atoms with E-state index in [1.165, 1.54) is 4.57 Å². The molecule has 0 saturated heterocycles. The molecule has 108 valence electrons. The van der Waals surface area contributed by atoms with Crippen molar-refractivity contribution in [2.75, 3.05) is 7.11 Å². The van der Waals surface area contributed by atoms with Crippen LogP contribution in [0.1, 0.15) is 11.3 Å². The molecule has 0 radical (unpaired) electrons. The quantitative estimate of drug-likeness (QED) is 0.763. The van der Waals surface area contributed by atoms with Gasteiger partial charge in [-0.2, -0.15) is 0 Å². The molecule has 1 aromatic carbocycles. The lowest BCUT2D eigenvalue weighted by atomic mass is 10.2. The number of ether oxygens (including phenoxy) is 1. The van der Waals surface area contributed by atoms with Crippen LogP contribution >= 0.6 is 0 Å². The molecular formula is C15H15N3O3. The monoisotopic (exact) mass is 285 g/mol. The van der Waals surface area contributed by atoms with E-state index >= 15 is 0 Å². The van der Waals surface area contributed by atoms with Crippen LogP contribution in [0, 0.1) is 6.92 Å². The zero-order valence-corrected chi connectivity index (χ0v) is 11.8. The number of H-pyrrole nitrogens is 2. The molecule has 2 heterocycles. The summed E-state index contributed by atoms with van der Waals surface area (Å²) in [5.74, 6) is 0.732. The van der Waals surface area contributed by atoms with Gasteiger partial charge in [-0.1, -0.05) is 12.1 Å². The molecule has 2 aromatic heterocycles. The Morgan fingerprint density at radius 2 is 1.86 bits per heavy atom. The smallest absolute Gasteiger partial charge is 0.329 e. The molecule has 0 unspecified atom stereocenters. The molecule has 0 aliphatic heterocycles. The summed E-state index contributed by atoms with van der Waals surface area (Å²) >= 11 is 0. The Kier molecular flexibility index (Phi) is 3.13. The highest BCUT2D eigenvalue weighted by Gasteiger charge is 2.10. The summed E-state index contributed by atoms with van der Waals surface area (Å²) in [7, 11) is 1.59. The molecule has 0 aliphatic carbocycles. The van der Waals surface area contributed by atoms with Gasteiger partial charge in [-0.3, -0.25) is 9.36 Å². The number of hydrogen-bond donors (Lipinski definition) is 2. The van der Waals surface area contributed by atoms with E-state index < -0.39 is 5.69 Å². The second kappa shape index (κ2) is 4.97. The van der Waals surface area contributed by atoms with E-state index in [0.29, 0.717) is 11.0 Å². The van der Waals surface area contributed by atoms with Crippen molar-refractivity contribution in [2.24, 2.45) is 0 Å². The maximum absolute atomic E-state index is 12.4. The largest absolute Gasteiger partial charge is 0.497 e. The van der Waals surface area contributed by atoms with Crippen LogP contribution in [0.5, 0.6) is 5.75 Å². The molecule has 6 nitrogen and oxygen atoms in total. The minimum atomic E-state index is -0.415. The Labute approximate surface area is 120 Å². The standard InChI is InChI=1S/C15H15N3O3/c1-9-7-12-13(16-9)14(19)18(15(20)17-12)8-10-3-5-11(21-2)6-4-10/h3-7,16H,8H2,1-2H3,(H,17,20). The van der Waals surface area contributed by atoms with Crippen molar-refractivity contribution in [3.63, 3.8) is 0 Å². The Morgan fingerprint density at radius 3 is 2.52 bits per heavy atom. The molecule has 3 aromatic rings. The van der Waals surface area contributed by atoms with Gasteiger partial charge in [0, 0.05) is 5.69 Å². The highest BCUT2D eigenvalue weighted by Crippen LogP contribution is 2.12. The van der Waals surface area contributed by atoms with Gasteiger partial charge in [-0.25, -0.2) is 4.79 Å². The van der Waals surface area contributed by atoms with Gasteiger partial charge in [-0.15, -0.1) is 0 Å². The number of hydrogen-bond acceptors (Lipinski definition) is 3. The van der Waals surface area contributed by atoms with Crippen molar-refractivity contribution in [3.8, 4) is 5.75 Å². The van der Waals surface area contributed by atoms with Crippen LogP contribution in [0.3, 0.4) is 0 Å². The number of aromatic amines is 2. The van der Waals surface area contributed by atoms with Gasteiger partial charge >= 0.3 is 5.69 Å². The summed E-state index contributed by atoms with van der Waals surface area (Å²) < 4.78 is 6.27. The van der Waals surface area contributed by atoms with Gasteiger partial charge in [0.2, 0.25) is 0 Å². The lowest BCUT2D eigenvalue weighted by Gasteiger charge is -2.06. The summed E-state index contributed by atoms with van der Waals surface area (Å²) in [6.07, 6.45) is 0. The highest BCUT2D eigenvalue weighted by atomic mass is 16.5. The van der Waals surface area contributed by atoms with Gasteiger partial charge in [0.25, 0.3) is 5.56 Å². The molecule has 21 heavy (non-hydrogen) atoms. The number of methoxy groups -OCH3 is 1. The van der Waals surface area contributed by atoms with Crippen molar-refractivity contribution < 1.29 is 4.74 Å². The maximum atomic E-state index is 12.4. The third-order valence-electron chi connectivity index (χ3n) is 3.40. The third kappa shape index (κ3) is 2.35. The van der Waals surface area contributed by atoms with E-state index in [0.717, 1.165) is 17.0 Å². The first-order valence-electron chi connectivity index (χ1n) is 6.54. The SMILES string of the molecule is COc1ccc(Cn2c(=O)[nH]c3cc(C)[nH]c3c2=O)cc1. The van der Waals surface area contributed by atoms with Crippen LogP contribution in [0.15, 0.2) is 39.9 Å². The Morgan fingerprint density at radius 1 is 1.14 bits per heavy atom. The van der Waals surface area contributed by atoms with Gasteiger partial charge in [0.15, 0.2) is 0 Å². The van der Waals surface area contributed by atoms with E-state index in [2.05, 4.69) is 9.97 Å². The molecule has 2 N–H and O–H groups in total. The number of rotatable bonds is 3. The minimum Gasteiger partial charge on any atom is -0.497 e. The Balaban J connectivity index is 2.07. The Bertz CT molecular complexity index is 901. The first kappa shape index (κ1) is 13.2. The first-order chi connectivity index (χ1) is 10.1. The van der Waals surface area contributed by atoms with Crippen LogP contribution in [-0.4, -0.2) is 21.6 Å². The van der Waals surface area contributed by atoms with E-state index in [1.54, 1.807) is 25.3 Å². The van der Waals surface area contributed by atoms with E-state index in [4.69, 9.17) is 4.74 Å². The molecule has 0 fully saturated rings. The molecule has 3 rings (SSSR count). The minimum absolute atomic E-state index is 0.214. The van der Waals surface area contributed by atoms with Crippen LogP contribution in [-0.2, 0) is 6.54 Å². The van der Waals surface area contributed by atoms with Crippen molar-refractivity contribution in [1.82, 2.24) is 14.5 Å². The average Bonchev–Trinajstić information content (AvgIpc) is 2.85. The number of nitrogens with zero attached hydrogens (tertiary/aromatic N) is 1. The average molecular weight is 285 g/mol. The van der Waals surface area contributed by atoms with Crippen LogP contribution in [0.25, 0.3) is 11.0 Å². The van der Waals surface area contributed by atoms with Gasteiger partial charge < -0.3 is 14.7 Å². The topological polar surface area (TPSA) is 79.9 Å². The molecule has 0 aliphatic rings. The van der Waals surface area contributed by atoms with Gasteiger partial charge in [0.1, 0.15) is 11.3 Å². The highest BCUT2D eigenvalue weighted by molar-refractivity contribution is 5.74. The number of aryl methyl sites for hydroxylation is 1. The van der Waals surface area contributed by atoms with Gasteiger partial charge in [-0.05, 0) is 30.7 Å². The lowest BCUT2D eigenvalue weighted by molar-refractivity contribution is 0.414. The number of fused-ring (bicyclic) bond motifs is 1. The number of benzene rings is 1. The fourth-order valence-electron chi connectivity index (χ4n) is 2.32. The third-order valence-corrected chi connectivity index (χ3v) is 3.40. The van der Waals surface area contributed by atoms with Crippen LogP contribution < -0.4 is 16.0 Å². The predicted molar refractivity (Wildman–Crippen MR) is 80.0 cm³/mol. The summed E-state index contributed by atoms with van der Waals surface area (Å²) in [4.78, 5) is 30.1. The Hall–Kier alpha value is -2.76. The summed E-state index contributed by atoms with van der Waals surface area (Å²) in [5, 5.41) is 0. The second-order valence-corrected chi connectivity index (χ2v) is 4.91. The number of nitrogens with one attached hydrogen (secondary N) is 2. The van der Waals surface area contributed by atoms with Crippen LogP contribution in [0.2, 0.25) is 0 Å². The van der Waals surface area contributed by atoms with E-state index in [9.17, 15) is 9.59 Å². The lowest BCUT2D eigenvalue weighted by Crippen LogP contribution is -2.35. The second-order valence-electron chi connectivity index (χ2n) is 4.91. The van der Waals surface area contributed by atoms with Crippen molar-refractivity contribution in [3.05, 3.63) is 62.4 Å². The fraction of sp³-hybridized carbons (Fsp3) is 0.200. The van der Waals surface area contributed by atoms with Crippen molar-refractivity contribution in [1.29, 1.82) is 0 Å². The van der Waals surface area contributed by atoms with Crippen molar-refractivity contribution in [2.45, 2.75) is 13.5 Å². The summed E-state index contributed by atoms with van der Waals surface area (Å²) in [5.41, 5.74) is 1.90. The van der Waals surface area contributed by atoms with Crippen molar-refractivity contribution >= 4 is 11.0 Å². The zero-order chi connectivity index (χ0) is 15.0. The molecule has 0 saturated carbocycles. The summed E-state index contributed by atoms with van der Waals surface area (Å²) in [6.45, 7) is 2.05. The van der Waals surface area contributed by atoms with E-state index in [1.807, 2.05) is 19.1 Å². The van der Waals surface area contributed by atoms with Crippen LogP contribution in [0.4, 0.5) is 0 Å². The fourth-order valence-corrected chi connectivity index (χ4v) is 2.32.